The number of rotatable bonds is 4. The number of hydrogen-bond donors (Lipinski definition) is 2. The fraction of sp³-hybridized carbons (Fsp3) is 0.321. The van der Waals surface area contributed by atoms with Crippen LogP contribution in [0.2, 0.25) is 0 Å². The van der Waals surface area contributed by atoms with Crippen LogP contribution in [0.3, 0.4) is 0 Å². The molecule has 0 amide bonds. The SMILES string of the molecule is CN1CCN(c2ccc(-c3cnc4[nH]cc(-c5ccc(C6CCCN6)cc5)c4c3)cc2)CC1.Cl. The summed E-state index contributed by atoms with van der Waals surface area (Å²) in [5, 5.41) is 4.76. The van der Waals surface area contributed by atoms with Gasteiger partial charge in [0.05, 0.1) is 0 Å². The lowest BCUT2D eigenvalue weighted by Gasteiger charge is -2.34. The fourth-order valence-corrected chi connectivity index (χ4v) is 5.19. The summed E-state index contributed by atoms with van der Waals surface area (Å²) in [6, 6.07) is 20.8. The normalized spacial score (nSPS) is 18.9. The molecule has 2 aliphatic heterocycles. The molecule has 34 heavy (non-hydrogen) atoms. The number of aromatic nitrogens is 2. The van der Waals surface area contributed by atoms with Gasteiger partial charge >= 0.3 is 0 Å². The number of nitrogens with one attached hydrogen (secondary N) is 2. The Balaban J connectivity index is 0.00000241. The van der Waals surface area contributed by atoms with Gasteiger partial charge in [-0.2, -0.15) is 0 Å². The molecular formula is C28H32ClN5. The maximum atomic E-state index is 4.72. The Morgan fingerprint density at radius 3 is 2.32 bits per heavy atom. The maximum absolute atomic E-state index is 4.72. The lowest BCUT2D eigenvalue weighted by Crippen LogP contribution is -2.44. The van der Waals surface area contributed by atoms with Crippen molar-refractivity contribution in [1.82, 2.24) is 20.2 Å². The molecule has 1 unspecified atom stereocenters. The number of hydrogen-bond acceptors (Lipinski definition) is 4. The van der Waals surface area contributed by atoms with E-state index in [1.54, 1.807) is 0 Å². The maximum Gasteiger partial charge on any atom is 0.137 e. The van der Waals surface area contributed by atoms with E-state index in [1.807, 2.05) is 6.20 Å². The number of aromatic amines is 1. The van der Waals surface area contributed by atoms with Gasteiger partial charge in [0.2, 0.25) is 0 Å². The van der Waals surface area contributed by atoms with Gasteiger partial charge in [0, 0.05) is 66.8 Å². The first kappa shape index (κ1) is 22.9. The van der Waals surface area contributed by atoms with Crippen molar-refractivity contribution in [3.05, 3.63) is 72.6 Å². The third-order valence-corrected chi connectivity index (χ3v) is 7.28. The number of piperazine rings is 1. The number of halogens is 1. The van der Waals surface area contributed by atoms with E-state index < -0.39 is 0 Å². The van der Waals surface area contributed by atoms with Crippen molar-refractivity contribution >= 4 is 29.1 Å². The standard InChI is InChI=1S/C28H31N5.ClH/c1-32-13-15-33(16-14-32)24-10-8-20(9-11-24)23-17-25-26(19-31-28(25)30-18-23)21-4-6-22(7-5-21)27-3-2-12-29-27;/h4-11,17-19,27,29H,2-3,12-16H2,1H3,(H,30,31);1H. The van der Waals surface area contributed by atoms with Crippen LogP contribution in [-0.2, 0) is 0 Å². The van der Waals surface area contributed by atoms with Crippen LogP contribution < -0.4 is 10.2 Å². The molecule has 4 aromatic rings. The van der Waals surface area contributed by atoms with Crippen molar-refractivity contribution in [2.75, 3.05) is 44.7 Å². The molecule has 2 aliphatic rings. The van der Waals surface area contributed by atoms with Crippen LogP contribution in [0.1, 0.15) is 24.4 Å². The van der Waals surface area contributed by atoms with E-state index in [0.29, 0.717) is 6.04 Å². The minimum Gasteiger partial charge on any atom is -0.369 e. The monoisotopic (exact) mass is 473 g/mol. The highest BCUT2D eigenvalue weighted by Crippen LogP contribution is 2.33. The third kappa shape index (κ3) is 4.43. The lowest BCUT2D eigenvalue weighted by atomic mass is 9.99. The number of benzene rings is 2. The van der Waals surface area contributed by atoms with Gasteiger partial charge in [-0.15, -0.1) is 12.4 Å². The number of likely N-dealkylation sites (N-methyl/N-ethyl adjacent to an activating group) is 1. The molecule has 2 aromatic carbocycles. The Morgan fingerprint density at radius 1 is 0.882 bits per heavy atom. The summed E-state index contributed by atoms with van der Waals surface area (Å²) in [5.74, 6) is 0. The van der Waals surface area contributed by atoms with Crippen molar-refractivity contribution in [2.45, 2.75) is 18.9 Å². The van der Waals surface area contributed by atoms with Gasteiger partial charge in [0.1, 0.15) is 5.65 Å². The number of anilines is 1. The van der Waals surface area contributed by atoms with E-state index in [0.717, 1.165) is 43.9 Å². The Morgan fingerprint density at radius 2 is 1.62 bits per heavy atom. The topological polar surface area (TPSA) is 47.2 Å². The minimum atomic E-state index is 0. The molecular weight excluding hydrogens is 442 g/mol. The van der Waals surface area contributed by atoms with Crippen LogP contribution >= 0.6 is 12.4 Å². The van der Waals surface area contributed by atoms with Crippen molar-refractivity contribution in [3.8, 4) is 22.3 Å². The Bertz CT molecular complexity index is 1230. The number of pyridine rings is 1. The largest absolute Gasteiger partial charge is 0.369 e. The molecule has 2 N–H and O–H groups in total. The van der Waals surface area contributed by atoms with Crippen molar-refractivity contribution in [2.24, 2.45) is 0 Å². The van der Waals surface area contributed by atoms with E-state index in [-0.39, 0.29) is 12.4 Å². The predicted molar refractivity (Wildman–Crippen MR) is 144 cm³/mol. The smallest absolute Gasteiger partial charge is 0.137 e. The summed E-state index contributed by atoms with van der Waals surface area (Å²) in [7, 11) is 2.19. The minimum absolute atomic E-state index is 0. The van der Waals surface area contributed by atoms with Crippen LogP contribution in [0.4, 0.5) is 5.69 Å². The molecule has 2 saturated heterocycles. The molecule has 1 atom stereocenters. The van der Waals surface area contributed by atoms with E-state index >= 15 is 0 Å². The second-order valence-electron chi connectivity index (χ2n) is 9.43. The average Bonchev–Trinajstić information content (AvgIpc) is 3.55. The van der Waals surface area contributed by atoms with Gasteiger partial charge in [0.25, 0.3) is 0 Å². The van der Waals surface area contributed by atoms with Gasteiger partial charge in [-0.05, 0) is 61.3 Å². The molecule has 6 heteroatoms. The molecule has 2 aromatic heterocycles. The first-order chi connectivity index (χ1) is 16.2. The summed E-state index contributed by atoms with van der Waals surface area (Å²) in [5.41, 5.74) is 8.42. The second-order valence-corrected chi connectivity index (χ2v) is 9.43. The molecule has 0 bridgehead atoms. The van der Waals surface area contributed by atoms with E-state index in [4.69, 9.17) is 4.98 Å². The van der Waals surface area contributed by atoms with Crippen LogP contribution in [0.25, 0.3) is 33.3 Å². The highest BCUT2D eigenvalue weighted by atomic mass is 35.5. The van der Waals surface area contributed by atoms with Crippen molar-refractivity contribution in [1.29, 1.82) is 0 Å². The number of H-pyrrole nitrogens is 1. The zero-order chi connectivity index (χ0) is 22.2. The second kappa shape index (κ2) is 9.79. The van der Waals surface area contributed by atoms with Crippen LogP contribution in [-0.4, -0.2) is 54.6 Å². The van der Waals surface area contributed by atoms with E-state index in [1.165, 1.54) is 46.2 Å². The van der Waals surface area contributed by atoms with Gasteiger partial charge in [-0.25, -0.2) is 4.98 Å². The molecule has 176 valence electrons. The Hall–Kier alpha value is -2.86. The van der Waals surface area contributed by atoms with E-state index in [2.05, 4.69) is 87.9 Å². The van der Waals surface area contributed by atoms with Crippen LogP contribution in [0, 0.1) is 0 Å². The lowest BCUT2D eigenvalue weighted by molar-refractivity contribution is 0.313. The number of nitrogens with zero attached hydrogens (tertiary/aromatic N) is 3. The predicted octanol–water partition coefficient (Wildman–Crippen LogP) is 5.50. The molecule has 6 rings (SSSR count). The summed E-state index contributed by atoms with van der Waals surface area (Å²) in [4.78, 5) is 12.9. The summed E-state index contributed by atoms with van der Waals surface area (Å²) < 4.78 is 0. The van der Waals surface area contributed by atoms with Crippen LogP contribution in [0.5, 0.6) is 0 Å². The molecule has 0 radical (unpaired) electrons. The first-order valence-corrected chi connectivity index (χ1v) is 12.1. The summed E-state index contributed by atoms with van der Waals surface area (Å²) in [6.07, 6.45) is 6.55. The summed E-state index contributed by atoms with van der Waals surface area (Å²) in [6.45, 7) is 5.55. The Kier molecular flexibility index (Phi) is 6.59. The molecule has 5 nitrogen and oxygen atoms in total. The van der Waals surface area contributed by atoms with Gasteiger partial charge in [-0.3, -0.25) is 0 Å². The van der Waals surface area contributed by atoms with Crippen molar-refractivity contribution in [3.63, 3.8) is 0 Å². The molecule has 2 fully saturated rings. The zero-order valence-electron chi connectivity index (χ0n) is 19.6. The Labute approximate surface area is 207 Å². The average molecular weight is 474 g/mol. The van der Waals surface area contributed by atoms with Gasteiger partial charge in [0.15, 0.2) is 0 Å². The van der Waals surface area contributed by atoms with Crippen molar-refractivity contribution < 1.29 is 0 Å². The first-order valence-electron chi connectivity index (χ1n) is 12.1. The van der Waals surface area contributed by atoms with E-state index in [9.17, 15) is 0 Å². The van der Waals surface area contributed by atoms with Crippen LogP contribution in [0.15, 0.2) is 67.0 Å². The highest BCUT2D eigenvalue weighted by Gasteiger charge is 2.17. The third-order valence-electron chi connectivity index (χ3n) is 7.28. The fourth-order valence-electron chi connectivity index (χ4n) is 5.19. The summed E-state index contributed by atoms with van der Waals surface area (Å²) >= 11 is 0. The quantitative estimate of drug-likeness (QED) is 0.411. The zero-order valence-corrected chi connectivity index (χ0v) is 20.4. The van der Waals surface area contributed by atoms with Gasteiger partial charge < -0.3 is 20.1 Å². The highest BCUT2D eigenvalue weighted by molar-refractivity contribution is 5.95. The molecule has 4 heterocycles. The number of fused-ring (bicyclic) bond motifs is 1. The molecule has 0 aliphatic carbocycles. The van der Waals surface area contributed by atoms with Gasteiger partial charge in [-0.1, -0.05) is 36.4 Å². The molecule has 0 saturated carbocycles. The molecule has 0 spiro atoms.